The molecule has 6 amide bonds. The molecule has 17 nitrogen and oxygen atoms in total. The van der Waals surface area contributed by atoms with Crippen LogP contribution in [-0.2, 0) is 67.5 Å². The van der Waals surface area contributed by atoms with Crippen molar-refractivity contribution >= 4 is 46.3 Å². The number of phenolic OH excluding ortho intramolecular Hbond substituents is 2. The third-order valence-corrected chi connectivity index (χ3v) is 16.0. The Morgan fingerprint density at radius 1 is 0.524 bits per heavy atom. The van der Waals surface area contributed by atoms with Gasteiger partial charge in [0, 0.05) is 64.5 Å². The molecule has 2 N–H and O–H groups in total. The number of carbonyl (C=O) groups excluding carboxylic acids is 6. The largest absolute Gasteiger partial charge is 0.508 e. The lowest BCUT2D eigenvalue weighted by atomic mass is 9.97. The summed E-state index contributed by atoms with van der Waals surface area (Å²) in [5, 5.41) is 27.3. The number of hydrazine groups is 2. The van der Waals surface area contributed by atoms with Gasteiger partial charge >= 0.3 is 0 Å². The zero-order chi connectivity index (χ0) is 57.6. The van der Waals surface area contributed by atoms with Crippen LogP contribution in [0.15, 0.2) is 164 Å². The monoisotopic (exact) mass is 1100 g/mol. The van der Waals surface area contributed by atoms with Gasteiger partial charge < -0.3 is 29.8 Å². The van der Waals surface area contributed by atoms with Gasteiger partial charge in [-0.1, -0.05) is 133 Å². The Balaban J connectivity index is 0.000000184. The summed E-state index contributed by atoms with van der Waals surface area (Å²) in [6, 6.07) is 47.5. The van der Waals surface area contributed by atoms with E-state index in [2.05, 4.69) is 11.1 Å². The molecule has 4 aliphatic heterocycles. The number of nitrogens with zero attached hydrogens (tertiary/aromatic N) is 9. The first-order valence-electron chi connectivity index (χ1n) is 27.9. The number of para-hydroxylation sites is 1. The van der Waals surface area contributed by atoms with Crippen LogP contribution in [-0.4, -0.2) is 155 Å². The lowest BCUT2D eigenvalue weighted by Gasteiger charge is -2.54. The molecule has 5 heterocycles. The van der Waals surface area contributed by atoms with Crippen LogP contribution in [0.1, 0.15) is 57.3 Å². The minimum absolute atomic E-state index is 0.000176. The van der Waals surface area contributed by atoms with Crippen LogP contribution in [0.2, 0.25) is 0 Å². The van der Waals surface area contributed by atoms with Gasteiger partial charge in [0.25, 0.3) is 0 Å². The normalized spacial score (nSPS) is 19.5. The third-order valence-electron chi connectivity index (χ3n) is 16.0. The zero-order valence-electron chi connectivity index (χ0n) is 46.8. The Kier molecular flexibility index (Phi) is 17.1. The molecule has 0 radical (unpaired) electrons. The second kappa shape index (κ2) is 24.8. The topological polar surface area (TPSA) is 182 Å². The fraction of sp³-hybridized carbons (Fsp3) is 0.308. The molecule has 4 fully saturated rings. The average molecular weight is 1100 g/mol. The lowest BCUT2D eigenvalue weighted by Crippen LogP contribution is -2.75. The number of fused-ring (bicyclic) bond motifs is 3. The number of likely N-dealkylation sites (N-methyl/N-ethyl adjacent to an activating group) is 2. The Bertz CT molecular complexity index is 3450. The van der Waals surface area contributed by atoms with Gasteiger partial charge in [-0.05, 0) is 96.0 Å². The third kappa shape index (κ3) is 12.5. The van der Waals surface area contributed by atoms with Crippen LogP contribution >= 0.6 is 0 Å². The number of phenols is 2. The molecular weight excluding hydrogens is 1030 g/mol. The van der Waals surface area contributed by atoms with E-state index in [-0.39, 0.29) is 86.0 Å². The molecule has 0 unspecified atom stereocenters. The quantitative estimate of drug-likeness (QED) is 0.117. The van der Waals surface area contributed by atoms with Crippen molar-refractivity contribution in [3.63, 3.8) is 0 Å². The maximum Gasteiger partial charge on any atom is 0.246 e. The van der Waals surface area contributed by atoms with Crippen LogP contribution < -0.4 is 0 Å². The molecule has 4 atom stereocenters. The summed E-state index contributed by atoms with van der Waals surface area (Å²) < 4.78 is 0. The van der Waals surface area contributed by atoms with Gasteiger partial charge in [0.2, 0.25) is 35.4 Å². The van der Waals surface area contributed by atoms with Gasteiger partial charge in [-0.3, -0.25) is 43.8 Å². The number of aryl methyl sites for hydroxylation is 4. The van der Waals surface area contributed by atoms with Crippen molar-refractivity contribution in [1.29, 1.82) is 0 Å². The number of rotatable bonds is 14. The highest BCUT2D eigenvalue weighted by molar-refractivity contribution is 5.93. The van der Waals surface area contributed by atoms with E-state index in [0.29, 0.717) is 38.8 Å². The number of benzene rings is 6. The van der Waals surface area contributed by atoms with E-state index in [0.717, 1.165) is 55.4 Å². The van der Waals surface area contributed by atoms with E-state index >= 15 is 0 Å². The molecule has 0 saturated carbocycles. The highest BCUT2D eigenvalue weighted by atomic mass is 16.3. The highest BCUT2D eigenvalue weighted by Gasteiger charge is 2.52. The molecule has 422 valence electrons. The fourth-order valence-corrected chi connectivity index (χ4v) is 11.9. The summed E-state index contributed by atoms with van der Waals surface area (Å²) in [5.74, 6) is -0.616. The Hall–Kier alpha value is -8.93. The number of pyridine rings is 1. The van der Waals surface area contributed by atoms with E-state index in [1.54, 1.807) is 108 Å². The van der Waals surface area contributed by atoms with Gasteiger partial charge in [-0.15, -0.1) is 0 Å². The van der Waals surface area contributed by atoms with Crippen molar-refractivity contribution in [2.45, 2.75) is 89.9 Å². The van der Waals surface area contributed by atoms with E-state index in [9.17, 15) is 39.0 Å². The van der Waals surface area contributed by atoms with Gasteiger partial charge in [0.05, 0.1) is 31.7 Å². The number of amides is 6. The van der Waals surface area contributed by atoms with Crippen molar-refractivity contribution in [2.75, 3.05) is 40.3 Å². The maximum atomic E-state index is 14.2. The van der Waals surface area contributed by atoms with Crippen LogP contribution in [0.25, 0.3) is 10.9 Å². The summed E-state index contributed by atoms with van der Waals surface area (Å²) in [4.78, 5) is 94.0. The summed E-state index contributed by atoms with van der Waals surface area (Å²) in [7, 11) is 3.51. The zero-order valence-corrected chi connectivity index (χ0v) is 46.8. The van der Waals surface area contributed by atoms with Crippen LogP contribution in [0.3, 0.4) is 0 Å². The summed E-state index contributed by atoms with van der Waals surface area (Å²) in [6.45, 7) is 5.20. The Morgan fingerprint density at radius 2 is 0.988 bits per heavy atom. The Labute approximate surface area is 478 Å². The molecule has 6 aromatic carbocycles. The predicted octanol–water partition coefficient (Wildman–Crippen LogP) is 6.81. The molecule has 4 saturated heterocycles. The molecule has 7 aromatic rings. The lowest BCUT2D eigenvalue weighted by molar-refractivity contribution is -0.203. The Morgan fingerprint density at radius 3 is 1.46 bits per heavy atom. The van der Waals surface area contributed by atoms with E-state index in [4.69, 9.17) is 0 Å². The molecule has 1 aromatic heterocycles. The standard InChI is InChI=1S/C33H33N5O4.C32H36N4O4/c1-35-22-31(41)37-28(19-24-12-15-27(39)16-13-24)33(42)36(20-26-10-5-9-25-11-6-18-34-32(25)26)21-29(37)38(35)30(40)17-14-23-7-3-2-4-8-23;1-22-9-13-26(23(2)17-22)19-34-20-29-35(28(32(34)40)18-25-10-14-27(37)15-11-25)31(39)21-33(3)36(29)30(38)16-12-24-7-5-4-6-8-24/h2-13,15-16,18,28-29,39H,14,17,19-22H2,1H3;4-11,13-15,17,28-29,37H,12,16,18-21H2,1-3H3/t2*28-,29-/m00/s1. The van der Waals surface area contributed by atoms with Crippen molar-refractivity contribution < 1.29 is 39.0 Å². The van der Waals surface area contributed by atoms with Crippen molar-refractivity contribution in [2.24, 2.45) is 0 Å². The molecule has 4 aliphatic rings. The number of aromatic hydroxyl groups is 2. The van der Waals surface area contributed by atoms with Crippen LogP contribution in [0.5, 0.6) is 11.5 Å². The van der Waals surface area contributed by atoms with E-state index < -0.39 is 24.4 Å². The maximum absolute atomic E-state index is 14.2. The first kappa shape index (κ1) is 56.3. The summed E-state index contributed by atoms with van der Waals surface area (Å²) in [5.41, 5.74) is 8.78. The first-order valence-corrected chi connectivity index (χ1v) is 27.9. The molecule has 17 heteroatoms. The summed E-state index contributed by atoms with van der Waals surface area (Å²) in [6.07, 6.45) is 2.77. The van der Waals surface area contributed by atoms with E-state index in [1.807, 2.05) is 117 Å². The van der Waals surface area contributed by atoms with Gasteiger partial charge in [0.1, 0.15) is 35.9 Å². The molecular formula is C65H69N9O8. The van der Waals surface area contributed by atoms with Crippen molar-refractivity contribution in [3.8, 4) is 11.5 Å². The number of hydrogen-bond acceptors (Lipinski definition) is 11. The first-order chi connectivity index (χ1) is 39.6. The number of carbonyl (C=O) groups is 6. The molecule has 0 spiro atoms. The minimum atomic E-state index is -0.804. The summed E-state index contributed by atoms with van der Waals surface area (Å²) >= 11 is 0. The van der Waals surface area contributed by atoms with E-state index in [1.165, 1.54) is 0 Å². The smallest absolute Gasteiger partial charge is 0.246 e. The van der Waals surface area contributed by atoms with Crippen molar-refractivity contribution in [3.05, 3.63) is 208 Å². The van der Waals surface area contributed by atoms with Crippen LogP contribution in [0.4, 0.5) is 0 Å². The molecule has 82 heavy (non-hydrogen) atoms. The molecule has 11 rings (SSSR count). The highest BCUT2D eigenvalue weighted by Crippen LogP contribution is 2.33. The number of piperazine rings is 2. The van der Waals surface area contributed by atoms with Gasteiger partial charge in [-0.2, -0.15) is 0 Å². The molecule has 0 bridgehead atoms. The number of hydrogen-bond donors (Lipinski definition) is 2. The second-order valence-electron chi connectivity index (χ2n) is 21.8. The van der Waals surface area contributed by atoms with Gasteiger partial charge in [-0.25, -0.2) is 10.0 Å². The van der Waals surface area contributed by atoms with Crippen LogP contribution in [0, 0.1) is 13.8 Å². The predicted molar refractivity (Wildman–Crippen MR) is 309 cm³/mol. The molecule has 0 aliphatic carbocycles. The average Bonchev–Trinajstić information content (AvgIpc) is 1.58. The van der Waals surface area contributed by atoms with Crippen molar-refractivity contribution in [1.82, 2.24) is 44.6 Å². The number of aromatic nitrogens is 1. The SMILES string of the molecule is CN1CC(=O)N2[C@@H](Cc3ccc(O)cc3)C(=O)N(Cc3cccc4cccnc34)C[C@@H]2N1C(=O)CCc1ccccc1.Cc1ccc(CN2C[C@H]3N(C(=O)CN(C)N3C(=O)CCc3ccccc3)[C@@H](Cc3ccc(O)cc3)C2=O)c(C)c1. The fourth-order valence-electron chi connectivity index (χ4n) is 11.9. The minimum Gasteiger partial charge on any atom is -0.508 e. The second-order valence-corrected chi connectivity index (χ2v) is 21.8. The van der Waals surface area contributed by atoms with Gasteiger partial charge in [0.15, 0.2) is 0 Å².